The second-order valence-electron chi connectivity index (χ2n) is 5.62. The van der Waals surface area contributed by atoms with Gasteiger partial charge in [-0.15, -0.1) is 0 Å². The number of rotatable bonds is 3. The molecule has 0 unspecified atom stereocenters. The summed E-state index contributed by atoms with van der Waals surface area (Å²) in [6.45, 7) is 1.56. The minimum atomic E-state index is -4.76. The van der Waals surface area contributed by atoms with Crippen LogP contribution in [0.15, 0.2) is 24.3 Å². The highest BCUT2D eigenvalue weighted by Gasteiger charge is 2.34. The van der Waals surface area contributed by atoms with Crippen molar-refractivity contribution in [3.8, 4) is 0 Å². The van der Waals surface area contributed by atoms with Crippen LogP contribution in [0.25, 0.3) is 11.0 Å². The first kappa shape index (κ1) is 17.6. The third kappa shape index (κ3) is 3.30. The molecule has 2 aromatic heterocycles. The Morgan fingerprint density at radius 1 is 1.12 bits per heavy atom. The topological polar surface area (TPSA) is 103 Å². The molecule has 26 heavy (non-hydrogen) atoms. The lowest BCUT2D eigenvalue weighted by Crippen LogP contribution is -2.12. The molecule has 0 saturated heterocycles. The summed E-state index contributed by atoms with van der Waals surface area (Å²) in [5.74, 6) is -0.902. The van der Waals surface area contributed by atoms with Crippen LogP contribution in [0.5, 0.6) is 0 Å². The molecule has 0 amide bonds. The summed E-state index contributed by atoms with van der Waals surface area (Å²) < 4.78 is 52.4. The van der Waals surface area contributed by atoms with Crippen molar-refractivity contribution in [2.45, 2.75) is 19.6 Å². The van der Waals surface area contributed by atoms with Crippen molar-refractivity contribution < 1.29 is 17.6 Å². The Labute approximate surface area is 145 Å². The van der Waals surface area contributed by atoms with Gasteiger partial charge < -0.3 is 16.8 Å². The predicted octanol–water partition coefficient (Wildman–Crippen LogP) is 3.27. The summed E-state index contributed by atoms with van der Waals surface area (Å²) in [6.07, 6.45) is -4.76. The van der Waals surface area contributed by atoms with Crippen molar-refractivity contribution in [2.24, 2.45) is 0 Å². The summed E-state index contributed by atoms with van der Waals surface area (Å²) in [5.41, 5.74) is 10.8. The first-order valence-corrected chi connectivity index (χ1v) is 7.45. The SMILES string of the molecule is Cc1cc(NCc2cccc(C(F)(F)F)c2F)nc2nc(N)nc(N)c12. The number of nitrogens with zero attached hydrogens (tertiary/aromatic N) is 3. The van der Waals surface area contributed by atoms with Gasteiger partial charge in [0.05, 0.1) is 10.9 Å². The van der Waals surface area contributed by atoms with Crippen LogP contribution < -0.4 is 16.8 Å². The molecule has 0 aliphatic rings. The number of hydrogen-bond acceptors (Lipinski definition) is 6. The molecule has 136 valence electrons. The first-order valence-electron chi connectivity index (χ1n) is 7.45. The quantitative estimate of drug-likeness (QED) is 0.615. The second-order valence-corrected chi connectivity index (χ2v) is 5.62. The van der Waals surface area contributed by atoms with Crippen LogP contribution in [0.3, 0.4) is 0 Å². The van der Waals surface area contributed by atoms with Gasteiger partial charge in [-0.1, -0.05) is 12.1 Å². The number of fused-ring (bicyclic) bond motifs is 1. The number of aryl methyl sites for hydroxylation is 1. The molecule has 3 aromatic rings. The number of pyridine rings is 1. The lowest BCUT2D eigenvalue weighted by Gasteiger charge is -2.13. The van der Waals surface area contributed by atoms with Gasteiger partial charge in [0.2, 0.25) is 5.95 Å². The van der Waals surface area contributed by atoms with E-state index in [0.717, 1.165) is 6.07 Å². The molecule has 0 bridgehead atoms. The minimum absolute atomic E-state index is 0.0528. The summed E-state index contributed by atoms with van der Waals surface area (Å²) in [7, 11) is 0. The van der Waals surface area contributed by atoms with E-state index in [9.17, 15) is 17.6 Å². The van der Waals surface area contributed by atoms with E-state index in [1.165, 1.54) is 6.07 Å². The Bertz CT molecular complexity index is 987. The fourth-order valence-corrected chi connectivity index (χ4v) is 2.58. The van der Waals surface area contributed by atoms with Gasteiger partial charge in [0.25, 0.3) is 0 Å². The molecule has 0 radical (unpaired) electrons. The zero-order valence-electron chi connectivity index (χ0n) is 13.5. The maximum absolute atomic E-state index is 14.1. The normalized spacial score (nSPS) is 11.7. The molecule has 0 atom stereocenters. The number of anilines is 3. The van der Waals surface area contributed by atoms with Gasteiger partial charge in [0.1, 0.15) is 17.5 Å². The summed E-state index contributed by atoms with van der Waals surface area (Å²) in [6, 6.07) is 4.73. The fourth-order valence-electron chi connectivity index (χ4n) is 2.58. The molecule has 2 heterocycles. The molecule has 0 fully saturated rings. The molecule has 5 N–H and O–H groups in total. The third-order valence-electron chi connectivity index (χ3n) is 3.75. The number of hydrogen-bond donors (Lipinski definition) is 3. The highest BCUT2D eigenvalue weighted by molar-refractivity contribution is 5.90. The average Bonchev–Trinajstić information content (AvgIpc) is 2.51. The molecule has 3 rings (SSSR count). The van der Waals surface area contributed by atoms with Crippen molar-refractivity contribution in [3.05, 3.63) is 46.8 Å². The molecular formula is C16H14F4N6. The van der Waals surface area contributed by atoms with E-state index in [1.54, 1.807) is 13.0 Å². The molecule has 0 saturated carbocycles. The van der Waals surface area contributed by atoms with Gasteiger partial charge in [0.15, 0.2) is 5.65 Å². The smallest absolute Gasteiger partial charge is 0.383 e. The van der Waals surface area contributed by atoms with Crippen molar-refractivity contribution >= 4 is 28.6 Å². The summed E-state index contributed by atoms with van der Waals surface area (Å²) in [4.78, 5) is 12.1. The number of alkyl halides is 3. The van der Waals surface area contributed by atoms with E-state index < -0.39 is 17.6 Å². The third-order valence-corrected chi connectivity index (χ3v) is 3.75. The van der Waals surface area contributed by atoms with Gasteiger partial charge >= 0.3 is 6.18 Å². The van der Waals surface area contributed by atoms with E-state index >= 15 is 0 Å². The van der Waals surface area contributed by atoms with E-state index in [-0.39, 0.29) is 29.5 Å². The number of benzene rings is 1. The monoisotopic (exact) mass is 366 g/mol. The fraction of sp³-hybridized carbons (Fsp3) is 0.188. The van der Waals surface area contributed by atoms with Crippen LogP contribution in [0, 0.1) is 12.7 Å². The van der Waals surface area contributed by atoms with Crippen molar-refractivity contribution in [3.63, 3.8) is 0 Å². The highest BCUT2D eigenvalue weighted by Crippen LogP contribution is 2.32. The first-order chi connectivity index (χ1) is 12.2. The van der Waals surface area contributed by atoms with E-state index in [4.69, 9.17) is 11.5 Å². The van der Waals surface area contributed by atoms with Gasteiger partial charge in [-0.25, -0.2) is 9.37 Å². The van der Waals surface area contributed by atoms with Gasteiger partial charge in [-0.05, 0) is 24.6 Å². The van der Waals surface area contributed by atoms with Crippen LogP contribution in [0.4, 0.5) is 35.1 Å². The van der Waals surface area contributed by atoms with Gasteiger partial charge in [0, 0.05) is 12.1 Å². The average molecular weight is 366 g/mol. The van der Waals surface area contributed by atoms with Crippen LogP contribution in [-0.2, 0) is 12.7 Å². The number of aromatic nitrogens is 3. The zero-order valence-corrected chi connectivity index (χ0v) is 13.5. The Hall–Kier alpha value is -3.17. The Morgan fingerprint density at radius 2 is 1.85 bits per heavy atom. The Balaban J connectivity index is 1.92. The second kappa shape index (κ2) is 6.28. The van der Waals surface area contributed by atoms with E-state index in [2.05, 4.69) is 20.3 Å². The summed E-state index contributed by atoms with van der Waals surface area (Å²) >= 11 is 0. The number of nitrogens with two attached hydrogens (primary N) is 2. The Morgan fingerprint density at radius 3 is 2.54 bits per heavy atom. The minimum Gasteiger partial charge on any atom is -0.383 e. The van der Waals surface area contributed by atoms with Crippen LogP contribution in [0.1, 0.15) is 16.7 Å². The van der Waals surface area contributed by atoms with Gasteiger partial charge in [-0.2, -0.15) is 23.1 Å². The number of nitrogens with one attached hydrogen (secondary N) is 1. The standard InChI is InChI=1S/C16H14F4N6/c1-7-5-10(24-14-11(7)13(21)25-15(22)26-14)23-6-8-3-2-4-9(12(8)17)16(18,19)20/h2-5H,6H2,1H3,(H5,21,22,23,24,25,26). The molecule has 1 aromatic carbocycles. The van der Waals surface area contributed by atoms with Crippen molar-refractivity contribution in [2.75, 3.05) is 16.8 Å². The number of halogens is 4. The zero-order chi connectivity index (χ0) is 19.1. The van der Waals surface area contributed by atoms with Crippen molar-refractivity contribution in [1.29, 1.82) is 0 Å². The van der Waals surface area contributed by atoms with Crippen LogP contribution in [-0.4, -0.2) is 15.0 Å². The van der Waals surface area contributed by atoms with E-state index in [0.29, 0.717) is 22.8 Å². The molecule has 6 nitrogen and oxygen atoms in total. The molecular weight excluding hydrogens is 352 g/mol. The summed E-state index contributed by atoms with van der Waals surface area (Å²) in [5, 5.41) is 3.31. The Kier molecular flexibility index (Phi) is 4.26. The molecule has 0 aliphatic heterocycles. The maximum atomic E-state index is 14.1. The van der Waals surface area contributed by atoms with Crippen molar-refractivity contribution in [1.82, 2.24) is 15.0 Å². The molecule has 10 heteroatoms. The lowest BCUT2D eigenvalue weighted by molar-refractivity contribution is -0.140. The highest BCUT2D eigenvalue weighted by atomic mass is 19.4. The maximum Gasteiger partial charge on any atom is 0.419 e. The molecule has 0 spiro atoms. The number of nitrogen functional groups attached to an aromatic ring is 2. The lowest BCUT2D eigenvalue weighted by atomic mass is 10.1. The largest absolute Gasteiger partial charge is 0.419 e. The van der Waals surface area contributed by atoms with E-state index in [1.807, 2.05) is 0 Å². The predicted molar refractivity (Wildman–Crippen MR) is 89.6 cm³/mol. The molecule has 0 aliphatic carbocycles. The van der Waals surface area contributed by atoms with Gasteiger partial charge in [-0.3, -0.25) is 0 Å². The van der Waals surface area contributed by atoms with Crippen LogP contribution in [0.2, 0.25) is 0 Å². The van der Waals surface area contributed by atoms with Crippen LogP contribution >= 0.6 is 0 Å².